The first kappa shape index (κ1) is 13.1. The maximum atomic E-state index is 9.72. The SMILES string of the molecule is CCCNc1nc(C)cc(N2CCCC(O)C2)n1. The third-order valence-corrected chi connectivity index (χ3v) is 3.09. The summed E-state index contributed by atoms with van der Waals surface area (Å²) in [4.78, 5) is 11.0. The summed E-state index contributed by atoms with van der Waals surface area (Å²) in [6.45, 7) is 6.60. The Kier molecular flexibility index (Phi) is 4.36. The Bertz CT molecular complexity index is 397. The number of aromatic nitrogens is 2. The van der Waals surface area contributed by atoms with Crippen molar-refractivity contribution in [1.29, 1.82) is 0 Å². The zero-order chi connectivity index (χ0) is 13.0. The molecule has 2 rings (SSSR count). The molecule has 1 aromatic rings. The molecule has 0 bridgehead atoms. The van der Waals surface area contributed by atoms with E-state index in [0.29, 0.717) is 12.5 Å². The summed E-state index contributed by atoms with van der Waals surface area (Å²) in [7, 11) is 0. The van der Waals surface area contributed by atoms with Crippen LogP contribution in [0.15, 0.2) is 6.07 Å². The first-order valence-electron chi connectivity index (χ1n) is 6.71. The molecule has 1 unspecified atom stereocenters. The molecule has 0 spiro atoms. The van der Waals surface area contributed by atoms with Gasteiger partial charge in [0.25, 0.3) is 0 Å². The van der Waals surface area contributed by atoms with E-state index in [0.717, 1.165) is 43.9 Å². The van der Waals surface area contributed by atoms with Gasteiger partial charge in [0.1, 0.15) is 5.82 Å². The molecule has 0 aliphatic carbocycles. The molecule has 0 amide bonds. The van der Waals surface area contributed by atoms with Gasteiger partial charge in [-0.3, -0.25) is 0 Å². The minimum Gasteiger partial charge on any atom is -0.391 e. The minimum atomic E-state index is -0.235. The molecule has 5 nitrogen and oxygen atoms in total. The molecule has 0 aromatic carbocycles. The van der Waals surface area contributed by atoms with Crippen LogP contribution in [0.5, 0.6) is 0 Å². The third kappa shape index (κ3) is 3.32. The third-order valence-electron chi connectivity index (χ3n) is 3.09. The fraction of sp³-hybridized carbons (Fsp3) is 0.692. The lowest BCUT2D eigenvalue weighted by Crippen LogP contribution is -2.38. The average molecular weight is 250 g/mol. The minimum absolute atomic E-state index is 0.235. The number of β-amino-alcohol motifs (C(OH)–C–C–N with tert-alkyl or cyclic N) is 1. The van der Waals surface area contributed by atoms with Gasteiger partial charge < -0.3 is 15.3 Å². The number of rotatable bonds is 4. The highest BCUT2D eigenvalue weighted by atomic mass is 16.3. The van der Waals surface area contributed by atoms with Crippen LogP contribution in [-0.4, -0.2) is 40.8 Å². The molecule has 0 radical (unpaired) electrons. The van der Waals surface area contributed by atoms with Crippen LogP contribution in [0.4, 0.5) is 11.8 Å². The van der Waals surface area contributed by atoms with Crippen LogP contribution in [0.3, 0.4) is 0 Å². The van der Waals surface area contributed by atoms with Crippen molar-refractivity contribution in [2.45, 2.75) is 39.2 Å². The topological polar surface area (TPSA) is 61.3 Å². The molecule has 1 fully saturated rings. The Morgan fingerprint density at radius 1 is 1.50 bits per heavy atom. The van der Waals surface area contributed by atoms with E-state index in [4.69, 9.17) is 0 Å². The Balaban J connectivity index is 2.13. The summed E-state index contributed by atoms with van der Waals surface area (Å²) in [5, 5.41) is 12.9. The lowest BCUT2D eigenvalue weighted by molar-refractivity contribution is 0.154. The predicted molar refractivity (Wildman–Crippen MR) is 73.0 cm³/mol. The lowest BCUT2D eigenvalue weighted by atomic mass is 10.1. The second kappa shape index (κ2) is 6.00. The Hall–Kier alpha value is -1.36. The molecule has 100 valence electrons. The summed E-state index contributed by atoms with van der Waals surface area (Å²) in [5.74, 6) is 1.60. The van der Waals surface area contributed by atoms with Gasteiger partial charge in [-0.2, -0.15) is 4.98 Å². The molecule has 1 aliphatic heterocycles. The van der Waals surface area contributed by atoms with Crippen LogP contribution in [0.2, 0.25) is 0 Å². The number of hydrogen-bond donors (Lipinski definition) is 2. The van der Waals surface area contributed by atoms with Crippen molar-refractivity contribution in [2.24, 2.45) is 0 Å². The van der Waals surface area contributed by atoms with Crippen molar-refractivity contribution in [1.82, 2.24) is 9.97 Å². The molecule has 5 heteroatoms. The van der Waals surface area contributed by atoms with Crippen molar-refractivity contribution in [3.63, 3.8) is 0 Å². The molecular formula is C13H22N4O. The number of anilines is 2. The van der Waals surface area contributed by atoms with E-state index in [1.165, 1.54) is 0 Å². The van der Waals surface area contributed by atoms with Gasteiger partial charge in [-0.1, -0.05) is 6.92 Å². The van der Waals surface area contributed by atoms with E-state index in [1.54, 1.807) is 0 Å². The van der Waals surface area contributed by atoms with Crippen molar-refractivity contribution in [3.05, 3.63) is 11.8 Å². The molecule has 0 saturated carbocycles. The van der Waals surface area contributed by atoms with Crippen LogP contribution < -0.4 is 10.2 Å². The number of hydrogen-bond acceptors (Lipinski definition) is 5. The van der Waals surface area contributed by atoms with Gasteiger partial charge in [0.05, 0.1) is 6.10 Å². The molecule has 1 atom stereocenters. The number of piperidine rings is 1. The quantitative estimate of drug-likeness (QED) is 0.849. The monoisotopic (exact) mass is 250 g/mol. The largest absolute Gasteiger partial charge is 0.391 e. The van der Waals surface area contributed by atoms with Gasteiger partial charge in [0.15, 0.2) is 0 Å². The maximum absolute atomic E-state index is 9.72. The number of aliphatic hydroxyl groups is 1. The normalized spacial score (nSPS) is 19.9. The van der Waals surface area contributed by atoms with Crippen LogP contribution >= 0.6 is 0 Å². The van der Waals surface area contributed by atoms with Gasteiger partial charge in [-0.15, -0.1) is 0 Å². The van der Waals surface area contributed by atoms with E-state index < -0.39 is 0 Å². The number of aliphatic hydroxyl groups excluding tert-OH is 1. The van der Waals surface area contributed by atoms with E-state index in [1.807, 2.05) is 13.0 Å². The zero-order valence-electron chi connectivity index (χ0n) is 11.2. The average Bonchev–Trinajstić information content (AvgIpc) is 2.36. The molecule has 1 aromatic heterocycles. The Morgan fingerprint density at radius 2 is 2.33 bits per heavy atom. The zero-order valence-corrected chi connectivity index (χ0v) is 11.2. The summed E-state index contributed by atoms with van der Waals surface area (Å²) in [6.07, 6.45) is 2.72. The molecule has 18 heavy (non-hydrogen) atoms. The standard InChI is InChI=1S/C13H22N4O/c1-3-6-14-13-15-10(2)8-12(16-13)17-7-4-5-11(18)9-17/h8,11,18H,3-7,9H2,1-2H3,(H,14,15,16). The van der Waals surface area contributed by atoms with Gasteiger partial charge >= 0.3 is 0 Å². The molecular weight excluding hydrogens is 228 g/mol. The van der Waals surface area contributed by atoms with Crippen LogP contribution in [-0.2, 0) is 0 Å². The highest BCUT2D eigenvalue weighted by molar-refractivity contribution is 5.45. The number of nitrogens with zero attached hydrogens (tertiary/aromatic N) is 3. The molecule has 1 saturated heterocycles. The maximum Gasteiger partial charge on any atom is 0.224 e. The Labute approximate surface area is 108 Å². The highest BCUT2D eigenvalue weighted by Crippen LogP contribution is 2.19. The summed E-state index contributed by atoms with van der Waals surface area (Å²) >= 11 is 0. The lowest BCUT2D eigenvalue weighted by Gasteiger charge is -2.31. The molecule has 2 heterocycles. The van der Waals surface area contributed by atoms with Crippen LogP contribution in [0.25, 0.3) is 0 Å². The molecule has 1 aliphatic rings. The fourth-order valence-corrected chi connectivity index (χ4v) is 2.19. The van der Waals surface area contributed by atoms with Gasteiger partial charge in [0.2, 0.25) is 5.95 Å². The summed E-state index contributed by atoms with van der Waals surface area (Å²) in [5.41, 5.74) is 0.957. The molecule has 2 N–H and O–H groups in total. The van der Waals surface area contributed by atoms with Crippen molar-refractivity contribution in [3.8, 4) is 0 Å². The number of nitrogens with one attached hydrogen (secondary N) is 1. The second-order valence-electron chi connectivity index (χ2n) is 4.86. The van der Waals surface area contributed by atoms with Crippen molar-refractivity contribution < 1.29 is 5.11 Å². The van der Waals surface area contributed by atoms with E-state index >= 15 is 0 Å². The fourth-order valence-electron chi connectivity index (χ4n) is 2.19. The van der Waals surface area contributed by atoms with Gasteiger partial charge in [-0.05, 0) is 26.2 Å². The predicted octanol–water partition coefficient (Wildman–Crippen LogP) is 1.57. The first-order chi connectivity index (χ1) is 8.69. The van der Waals surface area contributed by atoms with Gasteiger partial charge in [0, 0.05) is 31.4 Å². The number of aryl methyl sites for hydroxylation is 1. The van der Waals surface area contributed by atoms with Crippen LogP contribution in [0.1, 0.15) is 31.9 Å². The summed E-state index contributed by atoms with van der Waals surface area (Å²) in [6, 6.07) is 1.98. The van der Waals surface area contributed by atoms with Gasteiger partial charge in [-0.25, -0.2) is 4.98 Å². The van der Waals surface area contributed by atoms with Crippen molar-refractivity contribution in [2.75, 3.05) is 29.9 Å². The first-order valence-corrected chi connectivity index (χ1v) is 6.71. The van der Waals surface area contributed by atoms with Crippen LogP contribution in [0, 0.1) is 6.92 Å². The smallest absolute Gasteiger partial charge is 0.224 e. The van der Waals surface area contributed by atoms with E-state index in [-0.39, 0.29) is 6.10 Å². The highest BCUT2D eigenvalue weighted by Gasteiger charge is 2.19. The second-order valence-corrected chi connectivity index (χ2v) is 4.86. The summed E-state index contributed by atoms with van der Waals surface area (Å²) < 4.78 is 0. The van der Waals surface area contributed by atoms with Crippen molar-refractivity contribution >= 4 is 11.8 Å². The van der Waals surface area contributed by atoms with E-state index in [2.05, 4.69) is 27.1 Å². The Morgan fingerprint density at radius 3 is 3.06 bits per heavy atom. The van der Waals surface area contributed by atoms with E-state index in [9.17, 15) is 5.11 Å².